The highest BCUT2D eigenvalue weighted by atomic mass is 32.1. The van der Waals surface area contributed by atoms with E-state index in [0.717, 1.165) is 23.2 Å². The van der Waals surface area contributed by atoms with E-state index in [1.807, 2.05) is 31.2 Å². The van der Waals surface area contributed by atoms with Crippen molar-refractivity contribution in [3.8, 4) is 5.75 Å². The number of carbonyl (C=O) groups is 1. The van der Waals surface area contributed by atoms with Crippen LogP contribution in [0.2, 0.25) is 0 Å². The highest BCUT2D eigenvalue weighted by Gasteiger charge is 2.33. The van der Waals surface area contributed by atoms with Gasteiger partial charge in [-0.25, -0.2) is 4.98 Å². The van der Waals surface area contributed by atoms with E-state index in [4.69, 9.17) is 4.74 Å². The Morgan fingerprint density at radius 1 is 1.24 bits per heavy atom. The minimum Gasteiger partial charge on any atom is -0.489 e. The van der Waals surface area contributed by atoms with Gasteiger partial charge in [0.25, 0.3) is 0 Å². The van der Waals surface area contributed by atoms with Crippen LogP contribution in [0.15, 0.2) is 42.5 Å². The number of ether oxygens (including phenoxy) is 1. The topological polar surface area (TPSA) is 68.2 Å². The number of alkyl halides is 3. The fraction of sp³-hybridized carbons (Fsp3) is 0.391. The van der Waals surface area contributed by atoms with Gasteiger partial charge >= 0.3 is 6.18 Å². The summed E-state index contributed by atoms with van der Waals surface area (Å²) in [6.07, 6.45) is -3.56. The van der Waals surface area contributed by atoms with Gasteiger partial charge in [0.1, 0.15) is 28.2 Å². The maximum absolute atomic E-state index is 12.9. The number of rotatable bonds is 7. The van der Waals surface area contributed by atoms with Crippen LogP contribution in [0.3, 0.4) is 0 Å². The first-order chi connectivity index (χ1) is 15.7. The zero-order valence-corrected chi connectivity index (χ0v) is 19.0. The Kier molecular flexibility index (Phi) is 6.64. The Labute approximate surface area is 193 Å². The molecule has 33 heavy (non-hydrogen) atoms. The van der Waals surface area contributed by atoms with Crippen molar-refractivity contribution in [1.29, 1.82) is 0 Å². The molecule has 1 aliphatic rings. The van der Waals surface area contributed by atoms with E-state index in [-0.39, 0.29) is 17.8 Å². The quantitative estimate of drug-likeness (QED) is 0.432. The molecule has 174 valence electrons. The van der Waals surface area contributed by atoms with Crippen LogP contribution in [0.4, 0.5) is 19.0 Å². The Bertz CT molecular complexity index is 1120. The fourth-order valence-corrected chi connectivity index (χ4v) is 4.44. The second-order valence-corrected chi connectivity index (χ2v) is 8.89. The normalized spacial score (nSPS) is 17.2. The number of pyridine rings is 1. The van der Waals surface area contributed by atoms with Crippen LogP contribution in [0.1, 0.15) is 52.3 Å². The third kappa shape index (κ3) is 5.50. The van der Waals surface area contributed by atoms with Gasteiger partial charge in [0, 0.05) is 19.4 Å². The van der Waals surface area contributed by atoms with Crippen LogP contribution >= 0.6 is 11.5 Å². The number of Topliss-reactive ketones (excluding diaryl/α,β-unsaturated/α-hetero) is 1. The number of hydrogen-bond acceptors (Lipinski definition) is 7. The Morgan fingerprint density at radius 3 is 2.67 bits per heavy atom. The third-order valence-corrected chi connectivity index (χ3v) is 6.51. The molecule has 0 amide bonds. The summed E-state index contributed by atoms with van der Waals surface area (Å²) in [5.41, 5.74) is 0.785. The van der Waals surface area contributed by atoms with E-state index in [9.17, 15) is 18.0 Å². The number of anilines is 1. The van der Waals surface area contributed by atoms with Gasteiger partial charge in [0.2, 0.25) is 0 Å². The molecule has 0 N–H and O–H groups in total. The van der Waals surface area contributed by atoms with E-state index in [2.05, 4.69) is 14.6 Å². The van der Waals surface area contributed by atoms with E-state index in [1.165, 1.54) is 6.07 Å². The number of aromatic nitrogens is 3. The molecule has 1 unspecified atom stereocenters. The standard InChI is InChI=1S/C23H23F3N4O2S/c1-14(12-19(31)22-15(2)28-29-33-22)16-6-8-17(9-7-16)32-18-10-11-30(13-18)21-5-3-4-20(27-21)23(24,25)26/h3-9,14,18H,10-13H2,1-2H3/t14-,18?/m1/s1. The molecule has 1 aromatic carbocycles. The number of nitrogens with zero attached hydrogens (tertiary/aromatic N) is 4. The van der Waals surface area contributed by atoms with Crippen molar-refractivity contribution < 1.29 is 22.7 Å². The summed E-state index contributed by atoms with van der Waals surface area (Å²) in [4.78, 5) is 18.6. The number of benzene rings is 1. The van der Waals surface area contributed by atoms with Crippen LogP contribution in [0.5, 0.6) is 5.75 Å². The first-order valence-corrected chi connectivity index (χ1v) is 11.4. The molecule has 1 aliphatic heterocycles. The highest BCUT2D eigenvalue weighted by molar-refractivity contribution is 7.08. The van der Waals surface area contributed by atoms with E-state index < -0.39 is 11.9 Å². The third-order valence-electron chi connectivity index (χ3n) is 5.64. The average molecular weight is 477 g/mol. The minimum atomic E-state index is -4.47. The maximum Gasteiger partial charge on any atom is 0.433 e. The molecule has 0 radical (unpaired) electrons. The Balaban J connectivity index is 1.33. The molecule has 1 saturated heterocycles. The fourth-order valence-electron chi connectivity index (χ4n) is 3.83. The summed E-state index contributed by atoms with van der Waals surface area (Å²) in [5, 5.41) is 3.89. The zero-order valence-electron chi connectivity index (χ0n) is 18.2. The summed E-state index contributed by atoms with van der Waals surface area (Å²) in [7, 11) is 0. The molecule has 1 fully saturated rings. The number of halogens is 3. The molecule has 2 aromatic heterocycles. The molecule has 2 atom stereocenters. The van der Waals surface area contributed by atoms with E-state index in [1.54, 1.807) is 17.9 Å². The van der Waals surface area contributed by atoms with Gasteiger partial charge in [-0.2, -0.15) is 13.2 Å². The van der Waals surface area contributed by atoms with E-state index >= 15 is 0 Å². The Morgan fingerprint density at radius 2 is 2.00 bits per heavy atom. The van der Waals surface area contributed by atoms with Gasteiger partial charge < -0.3 is 9.64 Å². The monoisotopic (exact) mass is 476 g/mol. The van der Waals surface area contributed by atoms with Gasteiger partial charge in [-0.3, -0.25) is 4.79 Å². The first kappa shape index (κ1) is 23.2. The number of aryl methyl sites for hydroxylation is 1. The van der Waals surface area contributed by atoms with Gasteiger partial charge in [0.15, 0.2) is 5.78 Å². The summed E-state index contributed by atoms with van der Waals surface area (Å²) < 4.78 is 48.7. The summed E-state index contributed by atoms with van der Waals surface area (Å²) in [5.74, 6) is 1.05. The lowest BCUT2D eigenvalue weighted by Crippen LogP contribution is -2.25. The van der Waals surface area contributed by atoms with Gasteiger partial charge in [-0.05, 0) is 54.2 Å². The molecule has 10 heteroatoms. The van der Waals surface area contributed by atoms with Crippen molar-refractivity contribution in [1.82, 2.24) is 14.6 Å². The largest absolute Gasteiger partial charge is 0.489 e. The van der Waals surface area contributed by atoms with Crippen LogP contribution in [0.25, 0.3) is 0 Å². The highest BCUT2D eigenvalue weighted by Crippen LogP contribution is 2.30. The molecule has 3 heterocycles. The molecule has 0 saturated carbocycles. The van der Waals surface area contributed by atoms with Crippen LogP contribution in [-0.4, -0.2) is 39.5 Å². The lowest BCUT2D eigenvalue weighted by atomic mass is 9.95. The number of carbonyl (C=O) groups excluding carboxylic acids is 1. The predicted octanol–water partition coefficient (Wildman–Crippen LogP) is 5.29. The molecule has 6 nitrogen and oxygen atoms in total. The molecule has 4 rings (SSSR count). The van der Waals surface area contributed by atoms with Gasteiger partial charge in [-0.15, -0.1) is 5.10 Å². The smallest absolute Gasteiger partial charge is 0.433 e. The Hall–Kier alpha value is -3.01. The van der Waals surface area contributed by atoms with Crippen molar-refractivity contribution in [2.45, 2.75) is 44.9 Å². The first-order valence-electron chi connectivity index (χ1n) is 10.6. The number of hydrogen-bond donors (Lipinski definition) is 0. The summed E-state index contributed by atoms with van der Waals surface area (Å²) in [6.45, 7) is 4.81. The van der Waals surface area contributed by atoms with Gasteiger partial charge in [-0.1, -0.05) is 29.6 Å². The minimum absolute atomic E-state index is 0.0296. The lowest BCUT2D eigenvalue weighted by molar-refractivity contribution is -0.141. The molecular formula is C23H23F3N4O2S. The summed E-state index contributed by atoms with van der Waals surface area (Å²) in [6, 6.07) is 11.5. The zero-order chi connectivity index (χ0) is 23.6. The molecule has 0 spiro atoms. The maximum atomic E-state index is 12.9. The lowest BCUT2D eigenvalue weighted by Gasteiger charge is -2.19. The van der Waals surface area contributed by atoms with Crippen molar-refractivity contribution in [2.24, 2.45) is 0 Å². The second-order valence-electron chi connectivity index (χ2n) is 8.14. The van der Waals surface area contributed by atoms with Crippen molar-refractivity contribution in [3.05, 3.63) is 64.3 Å². The van der Waals surface area contributed by atoms with Crippen molar-refractivity contribution in [2.75, 3.05) is 18.0 Å². The van der Waals surface area contributed by atoms with Crippen molar-refractivity contribution >= 4 is 23.1 Å². The molecular weight excluding hydrogens is 453 g/mol. The molecule has 0 bridgehead atoms. The van der Waals surface area contributed by atoms with Crippen LogP contribution < -0.4 is 9.64 Å². The predicted molar refractivity (Wildman–Crippen MR) is 119 cm³/mol. The second kappa shape index (κ2) is 9.46. The summed E-state index contributed by atoms with van der Waals surface area (Å²) >= 11 is 1.12. The van der Waals surface area contributed by atoms with Gasteiger partial charge in [0.05, 0.1) is 12.2 Å². The van der Waals surface area contributed by atoms with Crippen molar-refractivity contribution in [3.63, 3.8) is 0 Å². The molecule has 3 aromatic rings. The van der Waals surface area contributed by atoms with E-state index in [0.29, 0.717) is 48.1 Å². The van der Waals surface area contributed by atoms with Crippen LogP contribution in [0, 0.1) is 6.92 Å². The average Bonchev–Trinajstić information content (AvgIpc) is 3.43. The SMILES string of the molecule is Cc1nnsc1C(=O)C[C@@H](C)c1ccc(OC2CCN(c3cccc(C(F)(F)F)n3)C2)cc1. The van der Waals surface area contributed by atoms with Crippen LogP contribution in [-0.2, 0) is 6.18 Å². The number of ketones is 1. The molecule has 0 aliphatic carbocycles.